The van der Waals surface area contributed by atoms with Gasteiger partial charge in [0.05, 0.1) is 0 Å². The number of carbonyl (C=O) groups excluding carboxylic acids is 3. The van der Waals surface area contributed by atoms with Crippen LogP contribution >= 0.6 is 0 Å². The van der Waals surface area contributed by atoms with Gasteiger partial charge in [-0.25, -0.2) is 0 Å². The van der Waals surface area contributed by atoms with Crippen LogP contribution in [0.2, 0.25) is 0 Å². The Hall–Kier alpha value is -1.79. The van der Waals surface area contributed by atoms with E-state index in [1.54, 1.807) is 12.2 Å². The Labute approximate surface area is 171 Å². The summed E-state index contributed by atoms with van der Waals surface area (Å²) in [6.07, 6.45) is 7.79. The molecule has 0 radical (unpaired) electrons. The topological polar surface area (TPSA) is 101 Å². The Morgan fingerprint density at radius 1 is 1.28 bits per heavy atom. The molecule has 0 aliphatic heterocycles. The normalized spacial score (nSPS) is 45.7. The average Bonchev–Trinajstić information content (AvgIpc) is 2.92. The van der Waals surface area contributed by atoms with E-state index in [0.29, 0.717) is 19.3 Å². The van der Waals surface area contributed by atoms with Crippen molar-refractivity contribution in [2.24, 2.45) is 28.6 Å². The first-order chi connectivity index (χ1) is 13.6. The molecule has 0 amide bonds. The molecule has 6 heteroatoms. The van der Waals surface area contributed by atoms with E-state index in [-0.39, 0.29) is 34.9 Å². The van der Waals surface area contributed by atoms with Gasteiger partial charge in [-0.05, 0) is 56.1 Å². The van der Waals surface area contributed by atoms with Crippen molar-refractivity contribution in [1.29, 1.82) is 0 Å². The number of aliphatic hydroxyl groups is 2. The molecule has 0 heterocycles. The molecule has 0 saturated heterocycles. The number of rotatable bonds is 3. The molecule has 158 valence electrons. The van der Waals surface area contributed by atoms with Crippen LogP contribution in [0.4, 0.5) is 0 Å². The van der Waals surface area contributed by atoms with E-state index in [0.717, 1.165) is 18.4 Å². The SMILES string of the molecule is CC(=O)OC1CC2(C)C(CCC2(O)C(=O)CO)C2CCC3=CC(=O)C=CC3(C)C12. The minimum Gasteiger partial charge on any atom is -0.462 e. The molecule has 4 aliphatic rings. The molecular formula is C23H30O6. The van der Waals surface area contributed by atoms with Crippen molar-refractivity contribution in [3.8, 4) is 0 Å². The third-order valence-corrected chi connectivity index (χ3v) is 8.55. The van der Waals surface area contributed by atoms with Crippen LogP contribution in [0.25, 0.3) is 0 Å². The minimum absolute atomic E-state index is 0.00982. The lowest BCUT2D eigenvalue weighted by molar-refractivity contribution is -0.191. The van der Waals surface area contributed by atoms with Crippen molar-refractivity contribution < 1.29 is 29.3 Å². The van der Waals surface area contributed by atoms with Crippen LogP contribution < -0.4 is 0 Å². The second kappa shape index (κ2) is 6.61. The number of esters is 1. The zero-order chi connectivity index (χ0) is 21.2. The summed E-state index contributed by atoms with van der Waals surface area (Å²) < 4.78 is 5.81. The van der Waals surface area contributed by atoms with Gasteiger partial charge in [0, 0.05) is 23.7 Å². The first-order valence-electron chi connectivity index (χ1n) is 10.5. The van der Waals surface area contributed by atoms with Gasteiger partial charge in [-0.2, -0.15) is 0 Å². The maximum absolute atomic E-state index is 12.5. The van der Waals surface area contributed by atoms with Crippen LogP contribution in [0.15, 0.2) is 23.8 Å². The number of ketones is 2. The first-order valence-corrected chi connectivity index (χ1v) is 10.5. The van der Waals surface area contributed by atoms with Crippen LogP contribution in [-0.4, -0.2) is 46.1 Å². The molecule has 0 spiro atoms. The summed E-state index contributed by atoms with van der Waals surface area (Å²) in [6.45, 7) is 4.71. The van der Waals surface area contributed by atoms with Crippen molar-refractivity contribution in [2.75, 3.05) is 6.61 Å². The lowest BCUT2D eigenvalue weighted by Crippen LogP contribution is -2.62. The minimum atomic E-state index is -1.61. The predicted octanol–water partition coefficient (Wildman–Crippen LogP) is 2.13. The number of fused-ring (bicyclic) bond motifs is 5. The van der Waals surface area contributed by atoms with E-state index in [1.165, 1.54) is 6.92 Å². The summed E-state index contributed by atoms with van der Waals surface area (Å²) in [5.41, 5.74) is -1.68. The van der Waals surface area contributed by atoms with Crippen LogP contribution in [0.3, 0.4) is 0 Å². The molecule has 2 N–H and O–H groups in total. The smallest absolute Gasteiger partial charge is 0.302 e. The molecule has 29 heavy (non-hydrogen) atoms. The Morgan fingerprint density at radius 3 is 2.66 bits per heavy atom. The Balaban J connectivity index is 1.80. The highest BCUT2D eigenvalue weighted by Gasteiger charge is 2.68. The highest BCUT2D eigenvalue weighted by molar-refractivity contribution is 6.01. The second-order valence-corrected chi connectivity index (χ2v) is 9.77. The van der Waals surface area contributed by atoms with Crippen molar-refractivity contribution in [2.45, 2.75) is 64.6 Å². The number of carbonyl (C=O) groups is 3. The van der Waals surface area contributed by atoms with Gasteiger partial charge >= 0.3 is 5.97 Å². The van der Waals surface area contributed by atoms with E-state index >= 15 is 0 Å². The molecule has 4 rings (SSSR count). The quantitative estimate of drug-likeness (QED) is 0.702. The van der Waals surface area contributed by atoms with Crippen molar-refractivity contribution >= 4 is 17.5 Å². The summed E-state index contributed by atoms with van der Waals surface area (Å²) in [4.78, 5) is 36.5. The number of Topliss-reactive ketones (excluding diaryl/α,β-unsaturated/α-hetero) is 1. The van der Waals surface area contributed by atoms with E-state index in [4.69, 9.17) is 4.74 Å². The molecule has 0 aromatic heterocycles. The van der Waals surface area contributed by atoms with E-state index in [9.17, 15) is 24.6 Å². The second-order valence-electron chi connectivity index (χ2n) is 9.77. The van der Waals surface area contributed by atoms with Gasteiger partial charge in [0.15, 0.2) is 11.6 Å². The summed E-state index contributed by atoms with van der Waals surface area (Å²) in [6, 6.07) is 0. The third-order valence-electron chi connectivity index (χ3n) is 8.55. The highest BCUT2D eigenvalue weighted by Crippen LogP contribution is 2.67. The summed E-state index contributed by atoms with van der Waals surface area (Å²) in [7, 11) is 0. The number of aliphatic hydroxyl groups excluding tert-OH is 1. The number of allylic oxidation sites excluding steroid dienone is 4. The fraction of sp³-hybridized carbons (Fsp3) is 0.696. The van der Waals surface area contributed by atoms with Crippen molar-refractivity contribution in [3.05, 3.63) is 23.8 Å². The lowest BCUT2D eigenvalue weighted by atomic mass is 9.46. The molecule has 3 saturated carbocycles. The highest BCUT2D eigenvalue weighted by atomic mass is 16.5. The summed E-state index contributed by atoms with van der Waals surface area (Å²) >= 11 is 0. The molecule has 0 bridgehead atoms. The monoisotopic (exact) mass is 402 g/mol. The predicted molar refractivity (Wildman–Crippen MR) is 105 cm³/mol. The third kappa shape index (κ3) is 2.72. The molecule has 7 atom stereocenters. The molecule has 7 unspecified atom stereocenters. The fourth-order valence-electron chi connectivity index (χ4n) is 7.21. The van der Waals surface area contributed by atoms with E-state index in [1.807, 2.05) is 13.0 Å². The molecular weight excluding hydrogens is 372 g/mol. The Bertz CT molecular complexity index is 827. The summed E-state index contributed by atoms with van der Waals surface area (Å²) in [5.74, 6) is -0.720. The van der Waals surface area contributed by atoms with Gasteiger partial charge in [0.25, 0.3) is 0 Å². The average molecular weight is 402 g/mol. The van der Waals surface area contributed by atoms with Gasteiger partial charge in [-0.1, -0.05) is 25.5 Å². The number of hydrogen-bond acceptors (Lipinski definition) is 6. The Morgan fingerprint density at radius 2 is 2.00 bits per heavy atom. The van der Waals surface area contributed by atoms with E-state index < -0.39 is 29.5 Å². The number of ether oxygens (including phenoxy) is 1. The van der Waals surface area contributed by atoms with Crippen LogP contribution in [-0.2, 0) is 19.1 Å². The van der Waals surface area contributed by atoms with Crippen LogP contribution in [0, 0.1) is 28.6 Å². The van der Waals surface area contributed by atoms with Gasteiger partial charge in [0.1, 0.15) is 18.3 Å². The zero-order valence-electron chi connectivity index (χ0n) is 17.3. The van der Waals surface area contributed by atoms with E-state index in [2.05, 4.69) is 6.92 Å². The number of hydrogen-bond donors (Lipinski definition) is 2. The van der Waals surface area contributed by atoms with Gasteiger partial charge < -0.3 is 14.9 Å². The molecule has 3 fully saturated rings. The van der Waals surface area contributed by atoms with Gasteiger partial charge in [0.2, 0.25) is 0 Å². The Kier molecular flexibility index (Phi) is 4.67. The largest absolute Gasteiger partial charge is 0.462 e. The zero-order valence-corrected chi connectivity index (χ0v) is 17.3. The van der Waals surface area contributed by atoms with Crippen molar-refractivity contribution in [3.63, 3.8) is 0 Å². The molecule has 6 nitrogen and oxygen atoms in total. The maximum atomic E-state index is 12.5. The van der Waals surface area contributed by atoms with Gasteiger partial charge in [-0.3, -0.25) is 14.4 Å². The van der Waals surface area contributed by atoms with Gasteiger partial charge in [-0.15, -0.1) is 0 Å². The molecule has 0 aromatic carbocycles. The maximum Gasteiger partial charge on any atom is 0.302 e. The molecule has 4 aliphatic carbocycles. The summed E-state index contributed by atoms with van der Waals surface area (Å²) in [5, 5.41) is 20.9. The fourth-order valence-corrected chi connectivity index (χ4v) is 7.21. The standard InChI is InChI=1S/C23H30O6/c1-13(25)29-18-11-22(3)17(7-9-23(22,28)19(27)12-24)16-5-4-14-10-15(26)6-8-21(14,2)20(16)18/h6,8,10,16-18,20,24,28H,4-5,7,9,11-12H2,1-3H3. The first kappa shape index (κ1) is 20.5. The van der Waals surface area contributed by atoms with Crippen molar-refractivity contribution in [1.82, 2.24) is 0 Å². The molecule has 0 aromatic rings. The van der Waals surface area contributed by atoms with Crippen LogP contribution in [0.5, 0.6) is 0 Å². The lowest BCUT2D eigenvalue weighted by Gasteiger charge is -2.60. The van der Waals surface area contributed by atoms with Crippen LogP contribution in [0.1, 0.15) is 52.9 Å².